The maximum Gasteiger partial charge on any atom is 0.332 e. The monoisotopic (exact) mass is 569 g/mol. The highest BCUT2D eigenvalue weighted by molar-refractivity contribution is 7.53. The first kappa shape index (κ1) is 28.8. The van der Waals surface area contributed by atoms with Gasteiger partial charge in [0.05, 0.1) is 44.2 Å². The number of anilines is 1. The van der Waals surface area contributed by atoms with E-state index in [0.29, 0.717) is 23.4 Å². The van der Waals surface area contributed by atoms with Crippen LogP contribution in [0.3, 0.4) is 0 Å². The van der Waals surface area contributed by atoms with Crippen molar-refractivity contribution in [2.24, 2.45) is 0 Å². The summed E-state index contributed by atoms with van der Waals surface area (Å²) in [6.45, 7) is 4.57. The smallest absolute Gasteiger partial charge is 0.332 e. The average molecular weight is 570 g/mol. The van der Waals surface area contributed by atoms with Gasteiger partial charge >= 0.3 is 7.60 Å². The predicted molar refractivity (Wildman–Crippen MR) is 141 cm³/mol. The molecule has 0 saturated carbocycles. The molecule has 38 heavy (non-hydrogen) atoms. The minimum atomic E-state index is -3.25. The lowest BCUT2D eigenvalue weighted by atomic mass is 10.1. The number of aromatic nitrogens is 4. The lowest BCUT2D eigenvalue weighted by Gasteiger charge is -2.20. The van der Waals surface area contributed by atoms with Crippen LogP contribution in [-0.2, 0) is 29.6 Å². The molecular weight excluding hydrogens is 537 g/mol. The van der Waals surface area contributed by atoms with Crippen LogP contribution in [0.4, 0.5) is 5.82 Å². The van der Waals surface area contributed by atoms with Gasteiger partial charge in [0, 0.05) is 13.6 Å². The Morgan fingerprint density at radius 1 is 1.13 bits per heavy atom. The number of ether oxygens (including phenoxy) is 2. The average Bonchev–Trinajstić information content (AvgIpc) is 3.42. The molecule has 0 spiro atoms. The number of hydrogen-bond acceptors (Lipinski definition) is 11. The zero-order chi connectivity index (χ0) is 27.3. The Morgan fingerprint density at radius 2 is 1.84 bits per heavy atom. The van der Waals surface area contributed by atoms with Crippen LogP contribution in [-0.4, -0.2) is 87.9 Å². The van der Waals surface area contributed by atoms with E-state index in [-0.39, 0.29) is 37.9 Å². The molecule has 4 atom stereocenters. The minimum Gasteiger partial charge on any atom is -0.387 e. The summed E-state index contributed by atoms with van der Waals surface area (Å²) in [4.78, 5) is 10.6. The number of aliphatic hydroxyl groups is 2. The lowest BCUT2D eigenvalue weighted by molar-refractivity contribution is -0.0682. The summed E-state index contributed by atoms with van der Waals surface area (Å²) in [5, 5.41) is 26.4. The summed E-state index contributed by atoms with van der Waals surface area (Å²) < 4.78 is 36.0. The van der Waals surface area contributed by atoms with Crippen molar-refractivity contribution >= 4 is 36.0 Å². The van der Waals surface area contributed by atoms with Crippen molar-refractivity contribution in [1.29, 1.82) is 0 Å². The topological polar surface area (TPSA) is 141 Å². The van der Waals surface area contributed by atoms with Crippen LogP contribution < -0.4 is 4.90 Å². The first-order valence-electron chi connectivity index (χ1n) is 12.4. The predicted octanol–water partition coefficient (Wildman–Crippen LogP) is 3.02. The van der Waals surface area contributed by atoms with Crippen molar-refractivity contribution in [3.63, 3.8) is 0 Å². The quantitative estimate of drug-likeness (QED) is 0.178. The molecule has 12 nitrogen and oxygen atoms in total. The molecule has 0 bridgehead atoms. The molecule has 1 saturated heterocycles. The number of aliphatic hydroxyl groups excluding tert-OH is 2. The Balaban J connectivity index is 1.46. The van der Waals surface area contributed by atoms with Crippen LogP contribution in [0.15, 0.2) is 36.5 Å². The molecule has 2 aromatic heterocycles. The second-order valence-corrected chi connectivity index (χ2v) is 11.3. The van der Waals surface area contributed by atoms with Crippen molar-refractivity contribution in [2.75, 3.05) is 44.5 Å². The summed E-state index contributed by atoms with van der Waals surface area (Å²) >= 11 is 6.26. The van der Waals surface area contributed by atoms with Crippen molar-refractivity contribution < 1.29 is 33.3 Å². The highest BCUT2D eigenvalue weighted by Crippen LogP contribution is 2.47. The molecule has 1 fully saturated rings. The van der Waals surface area contributed by atoms with Gasteiger partial charge in [-0.3, -0.25) is 4.57 Å². The van der Waals surface area contributed by atoms with Crippen LogP contribution in [0.25, 0.3) is 11.0 Å². The zero-order valence-corrected chi connectivity index (χ0v) is 23.2. The minimum absolute atomic E-state index is 0.00936. The van der Waals surface area contributed by atoms with Gasteiger partial charge in [-0.25, -0.2) is 4.68 Å². The summed E-state index contributed by atoms with van der Waals surface area (Å²) in [6.07, 6.45) is -2.81. The largest absolute Gasteiger partial charge is 0.387 e. The van der Waals surface area contributed by atoms with Gasteiger partial charge in [-0.15, -0.1) is 0 Å². The van der Waals surface area contributed by atoms with E-state index in [9.17, 15) is 14.8 Å². The van der Waals surface area contributed by atoms with Crippen LogP contribution in [0.5, 0.6) is 0 Å². The maximum atomic E-state index is 12.6. The molecule has 3 heterocycles. The highest BCUT2D eigenvalue weighted by atomic mass is 35.5. The first-order valence-corrected chi connectivity index (χ1v) is 14.5. The van der Waals surface area contributed by atoms with Crippen molar-refractivity contribution in [3.05, 3.63) is 47.4 Å². The highest BCUT2D eigenvalue weighted by Gasteiger charge is 2.45. The third-order valence-electron chi connectivity index (χ3n) is 6.05. The van der Waals surface area contributed by atoms with Crippen molar-refractivity contribution in [1.82, 2.24) is 19.7 Å². The van der Waals surface area contributed by atoms with Crippen molar-refractivity contribution in [3.8, 4) is 0 Å². The fourth-order valence-electron chi connectivity index (χ4n) is 4.30. The van der Waals surface area contributed by atoms with Crippen molar-refractivity contribution in [2.45, 2.75) is 44.9 Å². The summed E-state index contributed by atoms with van der Waals surface area (Å²) in [7, 11) is -1.36. The molecule has 1 aliphatic heterocycles. The molecule has 0 unspecified atom stereocenters. The number of halogens is 1. The summed E-state index contributed by atoms with van der Waals surface area (Å²) in [6, 6.07) is 9.90. The van der Waals surface area contributed by atoms with E-state index in [4.69, 9.17) is 30.1 Å². The van der Waals surface area contributed by atoms with Crippen LogP contribution >= 0.6 is 19.2 Å². The lowest BCUT2D eigenvalue weighted by Crippen LogP contribution is -2.34. The van der Waals surface area contributed by atoms with E-state index in [2.05, 4.69) is 15.1 Å². The van der Waals surface area contributed by atoms with Gasteiger partial charge in [0.15, 0.2) is 11.9 Å². The Morgan fingerprint density at radius 3 is 2.53 bits per heavy atom. The normalized spacial score (nSPS) is 21.8. The van der Waals surface area contributed by atoms with Gasteiger partial charge in [0.2, 0.25) is 5.28 Å². The number of nitrogens with zero attached hydrogens (tertiary/aromatic N) is 5. The third kappa shape index (κ3) is 6.52. The van der Waals surface area contributed by atoms with E-state index in [1.165, 1.54) is 4.68 Å². The third-order valence-corrected chi connectivity index (χ3v) is 8.25. The van der Waals surface area contributed by atoms with E-state index < -0.39 is 32.1 Å². The SMILES string of the molecule is CCOP(=O)(CCOC[C@H]1O[C@H](n2ncc3c(N(C)Cc4ccccc4)nc(Cl)nc32)[C@H](O)[C@@H]1O)OCC. The summed E-state index contributed by atoms with van der Waals surface area (Å²) in [5.74, 6) is 0.566. The fraction of sp³-hybridized carbons (Fsp3) is 0.542. The molecule has 1 aliphatic rings. The molecule has 0 amide bonds. The number of benzene rings is 1. The summed E-state index contributed by atoms with van der Waals surface area (Å²) in [5.41, 5.74) is 1.44. The maximum absolute atomic E-state index is 12.6. The van der Waals surface area contributed by atoms with Gasteiger partial charge < -0.3 is 33.6 Å². The second-order valence-electron chi connectivity index (χ2n) is 8.78. The Labute approximate surface area is 226 Å². The van der Waals surface area contributed by atoms with Gasteiger partial charge in [0.25, 0.3) is 0 Å². The molecule has 0 radical (unpaired) electrons. The Kier molecular flexibility index (Phi) is 9.72. The Bertz CT molecular complexity index is 1240. The van der Waals surface area contributed by atoms with E-state index in [0.717, 1.165) is 5.56 Å². The van der Waals surface area contributed by atoms with Crippen LogP contribution in [0.2, 0.25) is 5.28 Å². The zero-order valence-electron chi connectivity index (χ0n) is 21.5. The Hall–Kier alpha value is -2.15. The number of hydrogen-bond donors (Lipinski definition) is 2. The van der Waals surface area contributed by atoms with E-state index in [1.54, 1.807) is 20.0 Å². The van der Waals surface area contributed by atoms with E-state index in [1.807, 2.05) is 42.3 Å². The fourth-order valence-corrected chi connectivity index (χ4v) is 5.93. The molecule has 14 heteroatoms. The molecule has 3 aromatic rings. The van der Waals surface area contributed by atoms with Gasteiger partial charge in [-0.05, 0) is 31.0 Å². The van der Waals surface area contributed by atoms with Gasteiger partial charge in [0.1, 0.15) is 24.1 Å². The van der Waals surface area contributed by atoms with E-state index >= 15 is 0 Å². The second kappa shape index (κ2) is 12.8. The van der Waals surface area contributed by atoms with Crippen LogP contribution in [0.1, 0.15) is 25.6 Å². The standard InChI is InChI=1S/C24H33ClN5O7P/c1-4-35-38(33,36-5-2)12-11-34-15-18-19(31)20(32)23(37-18)30-22-17(13-26-30)21(27-24(25)28-22)29(3)14-16-9-7-6-8-10-16/h6-10,13,18-20,23,31-32H,4-5,11-12,14-15H2,1-3H3/t18-,19-,20-,23+/m1/s1. The van der Waals surface area contributed by atoms with Crippen LogP contribution in [0, 0.1) is 0 Å². The molecule has 1 aromatic carbocycles. The number of fused-ring (bicyclic) bond motifs is 1. The first-order chi connectivity index (χ1) is 18.3. The van der Waals surface area contributed by atoms with Gasteiger partial charge in [-0.2, -0.15) is 15.1 Å². The molecular formula is C24H33ClN5O7P. The van der Waals surface area contributed by atoms with Gasteiger partial charge in [-0.1, -0.05) is 30.3 Å². The number of rotatable bonds is 13. The molecule has 0 aliphatic carbocycles. The molecule has 208 valence electrons. The molecule has 4 rings (SSSR count). The molecule has 2 N–H and O–H groups in total.